The fourth-order valence-electron chi connectivity index (χ4n) is 17.1. The largest absolute Gasteiger partial charge is 0.310 e. The van der Waals surface area contributed by atoms with Crippen LogP contribution in [0.25, 0.3) is 127 Å². The van der Waals surface area contributed by atoms with E-state index >= 15 is 0 Å². The minimum absolute atomic E-state index is 0.0105. The van der Waals surface area contributed by atoms with Gasteiger partial charge in [-0.05, 0) is 180 Å². The maximum Gasteiger partial charge on any atom is 0.252 e. The summed E-state index contributed by atoms with van der Waals surface area (Å²) in [6.07, 6.45) is 0. The Morgan fingerprint density at radius 1 is 0.269 bits per heavy atom. The van der Waals surface area contributed by atoms with Gasteiger partial charge in [0.15, 0.2) is 0 Å². The normalized spacial score (nSPS) is 14.7. The van der Waals surface area contributed by atoms with Gasteiger partial charge in [-0.15, -0.1) is 0 Å². The van der Waals surface area contributed by atoms with E-state index in [0.29, 0.717) is 28.3 Å². The summed E-state index contributed by atoms with van der Waals surface area (Å²) in [5, 5.41) is 3.82. The molecule has 518 valence electrons. The van der Waals surface area contributed by atoms with Crippen molar-refractivity contribution >= 4 is 123 Å². The maximum absolute atomic E-state index is 10.3. The summed E-state index contributed by atoms with van der Waals surface area (Å²) in [5.41, 5.74) is 20.0. The number of fused-ring (bicyclic) bond motifs is 13. The van der Waals surface area contributed by atoms with E-state index in [2.05, 4.69) is 257 Å². The van der Waals surface area contributed by atoms with E-state index in [0.717, 1.165) is 122 Å². The monoisotopic (exact) mass is 1400 g/mol. The SMILES string of the molecule is [2H]c1c([2H])c([2H])c(-c2ccc3c(c2)N(c2c(-c4ccccc4)cc(C(C)(C)C)cc2-c2ccccc2)c2cc(-n4c5c([2H])c([2H])c([2H])c([2H])c5c5c([2H])c([2H])c([2H])c([2H])c54)cc4c2B3c2ccc(-n3c5ccc(C(C)(C)C)cc5c5cc(C(C)(C)C)ccc53)cc2N4c2c(-c3ccccc3)ccc3c2c2ccccc2n3-c2ccccc2)c([2H])c1[2H]. The van der Waals surface area contributed by atoms with Crippen LogP contribution in [0.5, 0.6) is 0 Å². The number of benzene rings is 15. The van der Waals surface area contributed by atoms with Crippen molar-refractivity contribution in [3.8, 4) is 61.6 Å². The minimum atomic E-state index is -0.756. The number of hydrogen-bond acceptors (Lipinski definition) is 2. The second kappa shape index (κ2) is 24.5. The third-order valence-corrected chi connectivity index (χ3v) is 22.4. The van der Waals surface area contributed by atoms with Crippen molar-refractivity contribution in [2.75, 3.05) is 9.80 Å². The van der Waals surface area contributed by atoms with Crippen molar-refractivity contribution in [1.29, 1.82) is 0 Å². The first-order valence-electron chi connectivity index (χ1n) is 43.6. The fourth-order valence-corrected chi connectivity index (χ4v) is 17.1. The molecule has 0 aliphatic carbocycles. The molecule has 0 unspecified atom stereocenters. The number of rotatable bonds is 9. The molecule has 108 heavy (non-hydrogen) atoms. The van der Waals surface area contributed by atoms with Crippen molar-refractivity contribution in [2.24, 2.45) is 0 Å². The van der Waals surface area contributed by atoms with Gasteiger partial charge in [-0.1, -0.05) is 293 Å². The Morgan fingerprint density at radius 3 is 1.28 bits per heavy atom. The molecule has 20 rings (SSSR count). The fraction of sp³-hybridized carbons (Fsp3) is 0.118. The van der Waals surface area contributed by atoms with E-state index in [1.165, 1.54) is 11.1 Å². The van der Waals surface area contributed by atoms with Gasteiger partial charge >= 0.3 is 0 Å². The van der Waals surface area contributed by atoms with Crippen LogP contribution in [0.4, 0.5) is 34.1 Å². The number of anilines is 6. The average Bonchev–Trinajstić information content (AvgIpc) is 1.68. The molecular formula is C102H82BN5. The molecule has 0 amide bonds. The van der Waals surface area contributed by atoms with Crippen LogP contribution < -0.4 is 26.2 Å². The molecule has 2 aliphatic rings. The number of aromatic nitrogens is 3. The smallest absolute Gasteiger partial charge is 0.252 e. The molecular weight excluding hydrogens is 1310 g/mol. The quantitative estimate of drug-likeness (QED) is 0.134. The van der Waals surface area contributed by atoms with Gasteiger partial charge in [0.2, 0.25) is 0 Å². The average molecular weight is 1400 g/mol. The molecule has 18 aromatic rings. The predicted molar refractivity (Wildman–Crippen MR) is 461 cm³/mol. The molecule has 5 nitrogen and oxygen atoms in total. The molecule has 0 fully saturated rings. The second-order valence-electron chi connectivity index (χ2n) is 31.9. The Bertz CT molecular complexity index is 7270. The van der Waals surface area contributed by atoms with Crippen LogP contribution in [0.1, 0.15) is 96.8 Å². The lowest BCUT2D eigenvalue weighted by Gasteiger charge is -2.46. The summed E-state index contributed by atoms with van der Waals surface area (Å²) < 4.78 is 132. The highest BCUT2D eigenvalue weighted by atomic mass is 15.2. The topological polar surface area (TPSA) is 21.3 Å². The Labute approximate surface area is 650 Å². The Balaban J connectivity index is 1.05. The highest BCUT2D eigenvalue weighted by molar-refractivity contribution is 7.00. The lowest BCUT2D eigenvalue weighted by Crippen LogP contribution is -2.61. The Kier molecular flexibility index (Phi) is 11.9. The van der Waals surface area contributed by atoms with E-state index in [4.69, 9.17) is 1.37 Å². The summed E-state index contributed by atoms with van der Waals surface area (Å²) in [6, 6.07) is 82.5. The molecule has 0 saturated carbocycles. The van der Waals surface area contributed by atoms with E-state index in [1.54, 1.807) is 4.57 Å². The molecule has 0 saturated heterocycles. The molecule has 0 spiro atoms. The zero-order chi connectivity index (χ0) is 84.4. The first-order chi connectivity index (χ1) is 57.9. The first kappa shape index (κ1) is 52.3. The molecule has 0 radical (unpaired) electrons. The summed E-state index contributed by atoms with van der Waals surface area (Å²) in [5.74, 6) is 0. The van der Waals surface area contributed by atoms with Gasteiger partial charge in [0.25, 0.3) is 6.71 Å². The van der Waals surface area contributed by atoms with Crippen LogP contribution in [-0.2, 0) is 16.2 Å². The lowest BCUT2D eigenvalue weighted by atomic mass is 9.33. The van der Waals surface area contributed by atoms with Gasteiger partial charge < -0.3 is 23.5 Å². The van der Waals surface area contributed by atoms with Crippen LogP contribution in [0.3, 0.4) is 0 Å². The van der Waals surface area contributed by atoms with Gasteiger partial charge in [-0.25, -0.2) is 0 Å². The van der Waals surface area contributed by atoms with Crippen LogP contribution in [0, 0.1) is 0 Å². The van der Waals surface area contributed by atoms with Gasteiger partial charge in [0.05, 0.1) is 68.0 Å². The highest BCUT2D eigenvalue weighted by Crippen LogP contribution is 2.56. The molecule has 0 N–H and O–H groups in total. The van der Waals surface area contributed by atoms with E-state index in [9.17, 15) is 16.4 Å². The molecule has 0 atom stereocenters. The molecule has 2 aliphatic heterocycles. The van der Waals surface area contributed by atoms with Crippen LogP contribution in [0.2, 0.25) is 0 Å². The zero-order valence-electron chi connectivity index (χ0n) is 74.6. The van der Waals surface area contributed by atoms with E-state index in [-0.39, 0.29) is 56.0 Å². The lowest BCUT2D eigenvalue weighted by molar-refractivity contribution is 0.590. The maximum atomic E-state index is 10.3. The molecule has 5 heterocycles. The second-order valence-corrected chi connectivity index (χ2v) is 31.9. The van der Waals surface area contributed by atoms with Gasteiger partial charge in [0, 0.05) is 83.1 Å². The van der Waals surface area contributed by atoms with Crippen LogP contribution in [0.15, 0.2) is 333 Å². The summed E-state index contributed by atoms with van der Waals surface area (Å²) in [4.78, 5) is 4.64. The minimum Gasteiger partial charge on any atom is -0.310 e. The van der Waals surface area contributed by atoms with E-state index < -0.39 is 78.6 Å². The van der Waals surface area contributed by atoms with Crippen molar-refractivity contribution in [1.82, 2.24) is 13.7 Å². The molecule has 3 aromatic heterocycles. The van der Waals surface area contributed by atoms with Crippen LogP contribution >= 0.6 is 0 Å². The Hall–Kier alpha value is -12.6. The Morgan fingerprint density at radius 2 is 0.713 bits per heavy atom. The third kappa shape index (κ3) is 10.2. The van der Waals surface area contributed by atoms with Crippen molar-refractivity contribution in [3.05, 3.63) is 350 Å². The summed E-state index contributed by atoms with van der Waals surface area (Å²) >= 11 is 0. The van der Waals surface area contributed by atoms with Gasteiger partial charge in [-0.2, -0.15) is 0 Å². The number of hydrogen-bond donors (Lipinski definition) is 0. The van der Waals surface area contributed by atoms with Crippen molar-refractivity contribution in [3.63, 3.8) is 0 Å². The van der Waals surface area contributed by atoms with Crippen LogP contribution in [-0.4, -0.2) is 20.4 Å². The first-order valence-corrected chi connectivity index (χ1v) is 37.1. The molecule has 15 aromatic carbocycles. The van der Waals surface area contributed by atoms with Crippen molar-refractivity contribution in [2.45, 2.75) is 78.6 Å². The predicted octanol–water partition coefficient (Wildman–Crippen LogP) is 25.6. The number of nitrogens with zero attached hydrogens (tertiary/aromatic N) is 5. The standard InChI is InChI=1S/C102H82BN5/c1-100(2,3)70-48-54-89-82(58-70)83-59-71(101(4,5)6)49-55-90(83)105(89)74-50-53-85-93(62-74)108(99-76(66-33-17-11-18-34-66)51-56-91-96(99)79-43-27-30-46-88(79)104(91)73-39-23-14-24-40-73)95-64-75(106-86-44-28-25-41-77(86)78-42-26-29-45-87(78)106)63-94-97(95)103(85)84-52-47-69(65-31-15-10-16-32-65)57-92(84)107(94)98-80(67-35-19-12-20-36-67)60-72(102(7,8)9)61-81(98)68-37-21-13-22-38-68/h10-64H,1-9H3/i10D,15D,16D,25D,26D,28D,29D,31D,32D,41D,42D,44D,45D. The summed E-state index contributed by atoms with van der Waals surface area (Å²) in [7, 11) is 0. The third-order valence-electron chi connectivity index (χ3n) is 22.4. The van der Waals surface area contributed by atoms with Gasteiger partial charge in [-0.3, -0.25) is 0 Å². The zero-order valence-corrected chi connectivity index (χ0v) is 61.6. The van der Waals surface area contributed by atoms with Crippen molar-refractivity contribution < 1.29 is 17.8 Å². The molecule has 6 heteroatoms. The summed E-state index contributed by atoms with van der Waals surface area (Å²) in [6.45, 7) is 19.3. The highest BCUT2D eigenvalue weighted by Gasteiger charge is 2.46. The molecule has 0 bridgehead atoms. The van der Waals surface area contributed by atoms with E-state index in [1.807, 2.05) is 78.9 Å². The number of para-hydroxylation sites is 4. The van der Waals surface area contributed by atoms with Gasteiger partial charge in [0.1, 0.15) is 0 Å².